The summed E-state index contributed by atoms with van der Waals surface area (Å²) >= 11 is 5.64. The van der Waals surface area contributed by atoms with Crippen molar-refractivity contribution in [2.45, 2.75) is 51.9 Å². The van der Waals surface area contributed by atoms with Crippen molar-refractivity contribution >= 4 is 23.4 Å². The second-order valence-corrected chi connectivity index (χ2v) is 8.66. The number of piperazine rings is 1. The minimum absolute atomic E-state index is 0.129. The van der Waals surface area contributed by atoms with Gasteiger partial charge < -0.3 is 14.5 Å². The molecule has 1 heterocycles. The maximum Gasteiger partial charge on any atom is 0.222 e. The third-order valence-corrected chi connectivity index (χ3v) is 5.30. The van der Waals surface area contributed by atoms with Crippen LogP contribution in [0.2, 0.25) is 0 Å². The van der Waals surface area contributed by atoms with E-state index < -0.39 is 0 Å². The second-order valence-electron chi connectivity index (χ2n) is 8.28. The van der Waals surface area contributed by atoms with Crippen molar-refractivity contribution < 1.29 is 14.3 Å². The Hall–Kier alpha value is -1.75. The van der Waals surface area contributed by atoms with Crippen LogP contribution in [0.5, 0.6) is 5.75 Å². The van der Waals surface area contributed by atoms with E-state index in [1.165, 1.54) is 5.56 Å². The summed E-state index contributed by atoms with van der Waals surface area (Å²) in [7, 11) is 0. The van der Waals surface area contributed by atoms with Crippen LogP contribution in [0.1, 0.15) is 52.0 Å². The summed E-state index contributed by atoms with van der Waals surface area (Å²) < 4.78 is 5.76. The molecule has 1 saturated heterocycles. The van der Waals surface area contributed by atoms with Crippen molar-refractivity contribution in [1.29, 1.82) is 0 Å². The topological polar surface area (TPSA) is 49.9 Å². The van der Waals surface area contributed by atoms with E-state index in [4.69, 9.17) is 16.3 Å². The Morgan fingerprint density at radius 3 is 1.89 bits per heavy atom. The van der Waals surface area contributed by atoms with E-state index in [1.54, 1.807) is 0 Å². The minimum atomic E-state index is 0.129. The molecule has 0 spiro atoms. The molecule has 6 heteroatoms. The molecule has 0 bridgehead atoms. The molecular weight excluding hydrogens is 376 g/mol. The zero-order valence-corrected chi connectivity index (χ0v) is 18.1. The lowest BCUT2D eigenvalue weighted by Gasteiger charge is -2.35. The van der Waals surface area contributed by atoms with Gasteiger partial charge in [0.15, 0.2) is 0 Å². The Morgan fingerprint density at radius 1 is 0.929 bits per heavy atom. The molecule has 156 valence electrons. The normalized spacial score (nSPS) is 14.9. The first kappa shape index (κ1) is 22.5. The van der Waals surface area contributed by atoms with Crippen molar-refractivity contribution in [3.63, 3.8) is 0 Å². The number of carbonyl (C=O) groups is 2. The number of carbonyl (C=O) groups excluding carboxylic acids is 2. The van der Waals surface area contributed by atoms with Crippen LogP contribution in [0, 0.1) is 0 Å². The van der Waals surface area contributed by atoms with Gasteiger partial charge >= 0.3 is 0 Å². The lowest BCUT2D eigenvalue weighted by atomic mass is 9.87. The number of hydrogen-bond donors (Lipinski definition) is 0. The van der Waals surface area contributed by atoms with Gasteiger partial charge in [-0.2, -0.15) is 0 Å². The van der Waals surface area contributed by atoms with E-state index in [0.29, 0.717) is 64.3 Å². The predicted octanol–water partition coefficient (Wildman–Crippen LogP) is 3.83. The van der Waals surface area contributed by atoms with Gasteiger partial charge in [0.1, 0.15) is 5.75 Å². The molecule has 5 nitrogen and oxygen atoms in total. The van der Waals surface area contributed by atoms with E-state index in [9.17, 15) is 9.59 Å². The van der Waals surface area contributed by atoms with Crippen LogP contribution >= 0.6 is 11.6 Å². The highest BCUT2D eigenvalue weighted by atomic mass is 35.5. The fourth-order valence-corrected chi connectivity index (χ4v) is 3.34. The molecule has 1 aliphatic rings. The van der Waals surface area contributed by atoms with Gasteiger partial charge in [-0.1, -0.05) is 32.9 Å². The third-order valence-electron chi connectivity index (χ3n) is 5.03. The summed E-state index contributed by atoms with van der Waals surface area (Å²) in [4.78, 5) is 28.0. The predicted molar refractivity (Wildman–Crippen MR) is 113 cm³/mol. The van der Waals surface area contributed by atoms with Crippen molar-refractivity contribution in [3.05, 3.63) is 29.8 Å². The highest BCUT2D eigenvalue weighted by molar-refractivity contribution is 6.17. The van der Waals surface area contributed by atoms with Gasteiger partial charge in [0.2, 0.25) is 11.8 Å². The molecule has 1 aromatic carbocycles. The summed E-state index contributed by atoms with van der Waals surface area (Å²) in [6.45, 7) is 9.53. The Bertz CT molecular complexity index is 632. The highest BCUT2D eigenvalue weighted by Crippen LogP contribution is 2.24. The summed E-state index contributed by atoms with van der Waals surface area (Å²) in [6.07, 6.45) is 2.36. The Morgan fingerprint density at radius 2 is 1.43 bits per heavy atom. The summed E-state index contributed by atoms with van der Waals surface area (Å²) in [5, 5.41) is 0. The standard InChI is InChI=1S/C22H33ClN2O3/c1-22(2,3)18-8-10-19(11-9-18)28-17-5-7-21(27)25-15-13-24(14-16-25)20(26)6-4-12-23/h8-11H,4-7,12-17H2,1-3H3. The Labute approximate surface area is 174 Å². The number of benzene rings is 1. The minimum Gasteiger partial charge on any atom is -0.494 e. The molecule has 0 aromatic heterocycles. The van der Waals surface area contributed by atoms with Crippen molar-refractivity contribution in [2.75, 3.05) is 38.7 Å². The number of nitrogens with zero attached hydrogens (tertiary/aromatic N) is 2. The van der Waals surface area contributed by atoms with Crippen LogP contribution in [0.15, 0.2) is 24.3 Å². The quantitative estimate of drug-likeness (QED) is 0.485. The molecule has 2 rings (SSSR count). The summed E-state index contributed by atoms with van der Waals surface area (Å²) in [6, 6.07) is 8.16. The van der Waals surface area contributed by atoms with Crippen LogP contribution in [0.3, 0.4) is 0 Å². The number of rotatable bonds is 8. The molecule has 0 saturated carbocycles. The number of hydrogen-bond acceptors (Lipinski definition) is 3. The Kier molecular flexibility index (Phi) is 8.61. The van der Waals surface area contributed by atoms with Crippen LogP contribution in [0.25, 0.3) is 0 Å². The molecular formula is C22H33ClN2O3. The average molecular weight is 409 g/mol. The van der Waals surface area contributed by atoms with Gasteiger partial charge in [-0.25, -0.2) is 0 Å². The molecule has 0 radical (unpaired) electrons. The first-order valence-electron chi connectivity index (χ1n) is 10.2. The molecule has 1 aliphatic heterocycles. The lowest BCUT2D eigenvalue weighted by molar-refractivity contribution is -0.139. The molecule has 1 fully saturated rings. The van der Waals surface area contributed by atoms with Crippen LogP contribution in [-0.4, -0.2) is 60.3 Å². The van der Waals surface area contributed by atoms with Gasteiger partial charge in [0.05, 0.1) is 6.61 Å². The van der Waals surface area contributed by atoms with Gasteiger partial charge in [-0.15, -0.1) is 11.6 Å². The zero-order valence-electron chi connectivity index (χ0n) is 17.4. The molecule has 2 amide bonds. The number of alkyl halides is 1. The van der Waals surface area contributed by atoms with Crippen LogP contribution < -0.4 is 4.74 Å². The van der Waals surface area contributed by atoms with Gasteiger partial charge in [-0.05, 0) is 36.0 Å². The summed E-state index contributed by atoms with van der Waals surface area (Å²) in [5.41, 5.74) is 1.40. The highest BCUT2D eigenvalue weighted by Gasteiger charge is 2.23. The van der Waals surface area contributed by atoms with Crippen molar-refractivity contribution in [3.8, 4) is 5.75 Å². The van der Waals surface area contributed by atoms with Gasteiger partial charge in [0.25, 0.3) is 0 Å². The second kappa shape index (κ2) is 10.7. The maximum absolute atomic E-state index is 12.4. The number of ether oxygens (including phenoxy) is 1. The maximum atomic E-state index is 12.4. The lowest BCUT2D eigenvalue weighted by Crippen LogP contribution is -2.50. The SMILES string of the molecule is CC(C)(C)c1ccc(OCCCC(=O)N2CCN(C(=O)CCCCl)CC2)cc1. The van der Waals surface area contributed by atoms with E-state index >= 15 is 0 Å². The largest absolute Gasteiger partial charge is 0.494 e. The van der Waals surface area contributed by atoms with Gasteiger partial charge in [-0.3, -0.25) is 9.59 Å². The average Bonchev–Trinajstić information content (AvgIpc) is 2.69. The molecule has 0 aliphatic carbocycles. The van der Waals surface area contributed by atoms with E-state index in [1.807, 2.05) is 21.9 Å². The van der Waals surface area contributed by atoms with E-state index in [0.717, 1.165) is 5.75 Å². The zero-order chi connectivity index (χ0) is 20.6. The molecule has 1 aromatic rings. The smallest absolute Gasteiger partial charge is 0.222 e. The van der Waals surface area contributed by atoms with Crippen molar-refractivity contribution in [1.82, 2.24) is 9.80 Å². The molecule has 28 heavy (non-hydrogen) atoms. The molecule has 0 unspecified atom stereocenters. The van der Waals surface area contributed by atoms with Crippen LogP contribution in [0.4, 0.5) is 0 Å². The van der Waals surface area contributed by atoms with Gasteiger partial charge in [0, 0.05) is 44.9 Å². The first-order valence-corrected chi connectivity index (χ1v) is 10.7. The monoisotopic (exact) mass is 408 g/mol. The fourth-order valence-electron chi connectivity index (χ4n) is 3.20. The van der Waals surface area contributed by atoms with Crippen molar-refractivity contribution in [2.24, 2.45) is 0 Å². The van der Waals surface area contributed by atoms with E-state index in [2.05, 4.69) is 32.9 Å². The summed E-state index contributed by atoms with van der Waals surface area (Å²) in [5.74, 6) is 1.62. The number of amides is 2. The third kappa shape index (κ3) is 7.01. The Balaban J connectivity index is 1.65. The first-order chi connectivity index (χ1) is 13.3. The van der Waals surface area contributed by atoms with Crippen LogP contribution in [-0.2, 0) is 15.0 Å². The fraction of sp³-hybridized carbons (Fsp3) is 0.636. The molecule has 0 N–H and O–H groups in total. The number of halogens is 1. The van der Waals surface area contributed by atoms with E-state index in [-0.39, 0.29) is 17.2 Å². The molecule has 0 atom stereocenters.